The fourth-order valence-corrected chi connectivity index (χ4v) is 6.53. The summed E-state index contributed by atoms with van der Waals surface area (Å²) in [4.78, 5) is 44.3. The number of nitrogens with zero attached hydrogens (tertiary/aromatic N) is 2. The van der Waals surface area contributed by atoms with Crippen molar-refractivity contribution in [1.29, 1.82) is 0 Å². The van der Waals surface area contributed by atoms with Gasteiger partial charge in [-0.1, -0.05) is 66.7 Å². The molecule has 2 amide bonds. The van der Waals surface area contributed by atoms with Gasteiger partial charge in [-0.15, -0.1) is 0 Å². The first kappa shape index (κ1) is 29.1. The minimum atomic E-state index is -0.486. The average molecular weight is 559 g/mol. The number of hydrogen-bond acceptors (Lipinski definition) is 5. The van der Waals surface area contributed by atoms with Crippen LogP contribution >= 0.6 is 0 Å². The zero-order chi connectivity index (χ0) is 28.6. The number of amides is 2. The van der Waals surface area contributed by atoms with Gasteiger partial charge in [0.15, 0.2) is 0 Å². The molecule has 3 heterocycles. The Balaban J connectivity index is 1.29. The summed E-state index contributed by atoms with van der Waals surface area (Å²) in [5.41, 5.74) is 3.37. The molecule has 0 bridgehead atoms. The van der Waals surface area contributed by atoms with E-state index in [-0.39, 0.29) is 55.4 Å². The number of hydrogen-bond donors (Lipinski definition) is 1. The van der Waals surface area contributed by atoms with Gasteiger partial charge < -0.3 is 19.6 Å². The number of fused-ring (bicyclic) bond motifs is 2. The van der Waals surface area contributed by atoms with Gasteiger partial charge in [-0.2, -0.15) is 0 Å². The number of rotatable bonds is 5. The molecule has 41 heavy (non-hydrogen) atoms. The number of carbonyl (C=O) groups excluding carboxylic acids is 3. The SMILES string of the molecule is O=C1OC[C@@H]2CCCN2C(=O)[C@@H](CC(=O)N2Cc3ccccc3C[C@H]2CO)CC=CCCC[C@@H]1Cc1ccccc1. The van der Waals surface area contributed by atoms with Crippen LogP contribution in [0.25, 0.3) is 0 Å². The van der Waals surface area contributed by atoms with Crippen LogP contribution in [0.3, 0.4) is 0 Å². The summed E-state index contributed by atoms with van der Waals surface area (Å²) < 4.78 is 5.85. The van der Waals surface area contributed by atoms with Gasteiger partial charge in [-0.25, -0.2) is 0 Å². The Labute approximate surface area is 243 Å². The molecule has 3 aliphatic heterocycles. The smallest absolute Gasteiger partial charge is 0.309 e. The van der Waals surface area contributed by atoms with Crippen LogP contribution in [0.2, 0.25) is 0 Å². The second-order valence-corrected chi connectivity index (χ2v) is 11.7. The minimum Gasteiger partial charge on any atom is -0.463 e. The number of cyclic esters (lactones) is 1. The fourth-order valence-electron chi connectivity index (χ4n) is 6.53. The van der Waals surface area contributed by atoms with Crippen molar-refractivity contribution in [3.05, 3.63) is 83.4 Å². The van der Waals surface area contributed by atoms with E-state index in [1.807, 2.05) is 59.5 Å². The first-order valence-corrected chi connectivity index (χ1v) is 15.2. The second-order valence-electron chi connectivity index (χ2n) is 11.7. The predicted octanol–water partition coefficient (Wildman–Crippen LogP) is 4.46. The normalized spacial score (nSPS) is 25.7. The van der Waals surface area contributed by atoms with Crippen LogP contribution in [-0.2, 0) is 38.5 Å². The van der Waals surface area contributed by atoms with Gasteiger partial charge in [0.1, 0.15) is 6.61 Å². The van der Waals surface area contributed by atoms with Crippen LogP contribution < -0.4 is 0 Å². The molecule has 0 aromatic heterocycles. The van der Waals surface area contributed by atoms with Crippen molar-refractivity contribution >= 4 is 17.8 Å². The largest absolute Gasteiger partial charge is 0.463 e. The molecule has 0 unspecified atom stereocenters. The lowest BCUT2D eigenvalue weighted by molar-refractivity contribution is -0.153. The van der Waals surface area contributed by atoms with E-state index in [0.29, 0.717) is 32.4 Å². The molecule has 2 aromatic carbocycles. The van der Waals surface area contributed by atoms with Gasteiger partial charge in [0.05, 0.1) is 30.5 Å². The highest BCUT2D eigenvalue weighted by molar-refractivity contribution is 5.86. The number of allylic oxidation sites excluding steroid dienone is 2. The van der Waals surface area contributed by atoms with Crippen LogP contribution in [0, 0.1) is 11.8 Å². The van der Waals surface area contributed by atoms with Crippen LogP contribution in [0.5, 0.6) is 0 Å². The molecule has 1 N–H and O–H groups in total. The van der Waals surface area contributed by atoms with Crippen molar-refractivity contribution in [2.45, 2.75) is 76.4 Å². The number of aliphatic hydroxyl groups is 1. The zero-order valence-corrected chi connectivity index (χ0v) is 23.8. The highest BCUT2D eigenvalue weighted by Crippen LogP contribution is 2.28. The molecule has 7 nitrogen and oxygen atoms in total. The molecular formula is C34H42N2O5. The number of esters is 1. The van der Waals surface area contributed by atoms with E-state index in [1.54, 1.807) is 4.90 Å². The third-order valence-corrected chi connectivity index (χ3v) is 8.90. The maximum atomic E-state index is 13.9. The Morgan fingerprint density at radius 3 is 2.51 bits per heavy atom. The molecule has 218 valence electrons. The Morgan fingerprint density at radius 2 is 1.71 bits per heavy atom. The molecule has 2 aromatic rings. The molecule has 0 spiro atoms. The van der Waals surface area contributed by atoms with Gasteiger partial charge in [0.25, 0.3) is 0 Å². The second kappa shape index (κ2) is 13.9. The third kappa shape index (κ3) is 7.25. The molecule has 5 rings (SSSR count). The quantitative estimate of drug-likeness (QED) is 0.433. The first-order chi connectivity index (χ1) is 20.0. The lowest BCUT2D eigenvalue weighted by Gasteiger charge is -2.37. The van der Waals surface area contributed by atoms with Crippen molar-refractivity contribution < 1.29 is 24.2 Å². The van der Waals surface area contributed by atoms with Crippen LogP contribution in [0.1, 0.15) is 61.6 Å². The molecule has 0 aliphatic carbocycles. The van der Waals surface area contributed by atoms with Crippen LogP contribution in [-0.4, -0.2) is 64.5 Å². The van der Waals surface area contributed by atoms with Gasteiger partial charge in [0.2, 0.25) is 11.8 Å². The van der Waals surface area contributed by atoms with Gasteiger partial charge in [-0.05, 0) is 68.1 Å². The van der Waals surface area contributed by atoms with E-state index in [4.69, 9.17) is 4.74 Å². The zero-order valence-electron chi connectivity index (χ0n) is 23.8. The number of aliphatic hydroxyl groups excluding tert-OH is 1. The summed E-state index contributed by atoms with van der Waals surface area (Å²) in [6, 6.07) is 17.6. The highest BCUT2D eigenvalue weighted by atomic mass is 16.5. The summed E-state index contributed by atoms with van der Waals surface area (Å²) in [5.74, 6) is -1.03. The van der Waals surface area contributed by atoms with Crippen molar-refractivity contribution in [2.24, 2.45) is 11.8 Å². The molecule has 0 saturated carbocycles. The van der Waals surface area contributed by atoms with Gasteiger partial charge in [-0.3, -0.25) is 14.4 Å². The van der Waals surface area contributed by atoms with E-state index in [9.17, 15) is 19.5 Å². The van der Waals surface area contributed by atoms with E-state index < -0.39 is 5.92 Å². The topological polar surface area (TPSA) is 87.2 Å². The van der Waals surface area contributed by atoms with E-state index in [0.717, 1.165) is 48.8 Å². The molecule has 7 heteroatoms. The van der Waals surface area contributed by atoms with E-state index in [2.05, 4.69) is 12.1 Å². The summed E-state index contributed by atoms with van der Waals surface area (Å²) in [6.45, 7) is 1.15. The first-order valence-electron chi connectivity index (χ1n) is 15.2. The Morgan fingerprint density at radius 1 is 0.927 bits per heavy atom. The van der Waals surface area contributed by atoms with Crippen molar-refractivity contribution in [3.63, 3.8) is 0 Å². The van der Waals surface area contributed by atoms with Gasteiger partial charge >= 0.3 is 5.97 Å². The van der Waals surface area contributed by atoms with Gasteiger partial charge in [0, 0.05) is 19.5 Å². The highest BCUT2D eigenvalue weighted by Gasteiger charge is 2.37. The third-order valence-electron chi connectivity index (χ3n) is 8.90. The minimum absolute atomic E-state index is 0.0441. The standard InChI is InChI=1S/C34H42N2O5/c37-23-31-20-26-13-8-9-16-29(26)22-36(31)32(38)21-27-14-6-1-2-7-15-28(19-25-11-4-3-5-12-25)34(40)41-24-30-17-10-18-35(30)33(27)39/h1,3-6,8-9,11-13,16,27-28,30-31,37H,2,7,10,14-15,17-24H2/t27-,28-,30+,31+/m1/s1. The summed E-state index contributed by atoms with van der Waals surface area (Å²) >= 11 is 0. The Hall–Kier alpha value is -3.45. The summed E-state index contributed by atoms with van der Waals surface area (Å²) in [5, 5.41) is 10.1. The maximum absolute atomic E-state index is 13.9. The maximum Gasteiger partial charge on any atom is 0.309 e. The van der Waals surface area contributed by atoms with E-state index in [1.165, 1.54) is 0 Å². The van der Waals surface area contributed by atoms with Crippen LogP contribution in [0.4, 0.5) is 0 Å². The molecule has 4 atom stereocenters. The number of benzene rings is 2. The molecular weight excluding hydrogens is 516 g/mol. The van der Waals surface area contributed by atoms with Crippen LogP contribution in [0.15, 0.2) is 66.7 Å². The monoisotopic (exact) mass is 558 g/mol. The lowest BCUT2D eigenvalue weighted by atomic mass is 9.92. The Kier molecular flexibility index (Phi) is 9.88. The molecule has 0 radical (unpaired) electrons. The molecule has 3 aliphatic rings. The molecule has 1 saturated heterocycles. The fraction of sp³-hybridized carbons (Fsp3) is 0.500. The van der Waals surface area contributed by atoms with E-state index >= 15 is 0 Å². The summed E-state index contributed by atoms with van der Waals surface area (Å²) in [6.07, 6.45) is 10.0. The Bertz CT molecular complexity index is 1230. The predicted molar refractivity (Wildman–Crippen MR) is 157 cm³/mol. The lowest BCUT2D eigenvalue weighted by Crippen LogP contribution is -2.48. The average Bonchev–Trinajstić information content (AvgIpc) is 3.48. The van der Waals surface area contributed by atoms with Crippen molar-refractivity contribution in [1.82, 2.24) is 9.80 Å². The number of carbonyl (C=O) groups is 3. The number of ether oxygens (including phenoxy) is 1. The van der Waals surface area contributed by atoms with Crippen molar-refractivity contribution in [2.75, 3.05) is 19.8 Å². The summed E-state index contributed by atoms with van der Waals surface area (Å²) in [7, 11) is 0. The van der Waals surface area contributed by atoms with Crippen molar-refractivity contribution in [3.8, 4) is 0 Å². The molecule has 1 fully saturated rings.